The summed E-state index contributed by atoms with van der Waals surface area (Å²) in [6, 6.07) is -0.0998. The van der Waals surface area contributed by atoms with Crippen molar-refractivity contribution in [3.8, 4) is 0 Å². The summed E-state index contributed by atoms with van der Waals surface area (Å²) in [5, 5.41) is 8.85. The van der Waals surface area contributed by atoms with Gasteiger partial charge in [-0.25, -0.2) is 0 Å². The average molecular weight is 264 g/mol. The van der Waals surface area contributed by atoms with E-state index in [1.165, 1.54) is 8.61 Å². The van der Waals surface area contributed by atoms with Gasteiger partial charge >= 0.3 is 5.97 Å². The molecular formula is C10H20N2O4S. The number of hydrogen-bond acceptors (Lipinski definition) is 3. The van der Waals surface area contributed by atoms with E-state index in [4.69, 9.17) is 5.11 Å². The molecule has 1 fully saturated rings. The molecule has 0 unspecified atom stereocenters. The first kappa shape index (κ1) is 14.4. The van der Waals surface area contributed by atoms with Crippen molar-refractivity contribution in [3.63, 3.8) is 0 Å². The van der Waals surface area contributed by atoms with Crippen LogP contribution in [0, 0.1) is 5.92 Å². The lowest BCUT2D eigenvalue weighted by Gasteiger charge is -2.33. The topological polar surface area (TPSA) is 77.9 Å². The van der Waals surface area contributed by atoms with Crippen LogP contribution < -0.4 is 0 Å². The van der Waals surface area contributed by atoms with Crippen molar-refractivity contribution in [1.29, 1.82) is 0 Å². The van der Waals surface area contributed by atoms with Crippen LogP contribution in [-0.2, 0) is 15.0 Å². The summed E-state index contributed by atoms with van der Waals surface area (Å²) >= 11 is 0. The Labute approximate surface area is 102 Å². The highest BCUT2D eigenvalue weighted by Crippen LogP contribution is 2.21. The maximum absolute atomic E-state index is 12.1. The van der Waals surface area contributed by atoms with E-state index in [0.717, 1.165) is 0 Å². The standard InChI is InChI=1S/C10H20N2O4S/c1-8(2)11(3)17(15,16)12-6-4-9(5-7-12)10(13)14/h8-9H,4-7H2,1-3H3,(H,13,14). The van der Waals surface area contributed by atoms with Gasteiger partial charge in [-0.1, -0.05) is 0 Å². The summed E-state index contributed by atoms with van der Waals surface area (Å²) < 4.78 is 26.9. The fraction of sp³-hybridized carbons (Fsp3) is 0.900. The number of carboxylic acids is 1. The van der Waals surface area contributed by atoms with Crippen molar-refractivity contribution < 1.29 is 18.3 Å². The molecule has 0 atom stereocenters. The average Bonchev–Trinajstić information content (AvgIpc) is 2.27. The maximum atomic E-state index is 12.1. The molecule has 0 radical (unpaired) electrons. The van der Waals surface area contributed by atoms with Crippen LogP contribution in [0.2, 0.25) is 0 Å². The van der Waals surface area contributed by atoms with E-state index >= 15 is 0 Å². The first-order chi connectivity index (χ1) is 7.76. The van der Waals surface area contributed by atoms with E-state index in [1.54, 1.807) is 7.05 Å². The molecule has 1 N–H and O–H groups in total. The molecule has 0 bridgehead atoms. The number of carbonyl (C=O) groups is 1. The monoisotopic (exact) mass is 264 g/mol. The molecule has 1 aliphatic heterocycles. The SMILES string of the molecule is CC(C)N(C)S(=O)(=O)N1CCC(C(=O)O)CC1. The van der Waals surface area contributed by atoms with Crippen LogP contribution in [0.25, 0.3) is 0 Å². The van der Waals surface area contributed by atoms with Gasteiger partial charge in [0.2, 0.25) is 0 Å². The fourth-order valence-electron chi connectivity index (χ4n) is 1.78. The lowest BCUT2D eigenvalue weighted by Crippen LogP contribution is -2.48. The Morgan fingerprint density at radius 2 is 1.82 bits per heavy atom. The van der Waals surface area contributed by atoms with Crippen LogP contribution in [0.15, 0.2) is 0 Å². The molecule has 1 rings (SSSR count). The van der Waals surface area contributed by atoms with Gasteiger partial charge < -0.3 is 5.11 Å². The highest BCUT2D eigenvalue weighted by Gasteiger charge is 2.33. The molecule has 0 spiro atoms. The van der Waals surface area contributed by atoms with Gasteiger partial charge in [-0.3, -0.25) is 4.79 Å². The Kier molecular flexibility index (Phi) is 4.51. The van der Waals surface area contributed by atoms with Gasteiger partial charge in [0.25, 0.3) is 10.2 Å². The summed E-state index contributed by atoms with van der Waals surface area (Å²) in [4.78, 5) is 10.8. The van der Waals surface area contributed by atoms with Crippen LogP contribution >= 0.6 is 0 Å². The third-order valence-corrected chi connectivity index (χ3v) is 5.39. The van der Waals surface area contributed by atoms with Crippen LogP contribution in [0.4, 0.5) is 0 Å². The highest BCUT2D eigenvalue weighted by molar-refractivity contribution is 7.86. The van der Waals surface area contributed by atoms with Crippen LogP contribution in [-0.4, -0.2) is 54.3 Å². The smallest absolute Gasteiger partial charge is 0.306 e. The lowest BCUT2D eigenvalue weighted by molar-refractivity contribution is -0.142. The zero-order valence-corrected chi connectivity index (χ0v) is 11.3. The quantitative estimate of drug-likeness (QED) is 0.795. The fourth-order valence-corrected chi connectivity index (χ4v) is 3.35. The zero-order chi connectivity index (χ0) is 13.2. The molecule has 17 heavy (non-hydrogen) atoms. The third kappa shape index (κ3) is 3.17. The molecule has 1 aliphatic rings. The van der Waals surface area contributed by atoms with E-state index in [0.29, 0.717) is 12.8 Å². The Morgan fingerprint density at radius 3 is 2.18 bits per heavy atom. The van der Waals surface area contributed by atoms with Crippen LogP contribution in [0.5, 0.6) is 0 Å². The van der Waals surface area contributed by atoms with Crippen molar-refractivity contribution in [1.82, 2.24) is 8.61 Å². The molecular weight excluding hydrogens is 244 g/mol. The molecule has 1 saturated heterocycles. The summed E-state index contributed by atoms with van der Waals surface area (Å²) in [5.74, 6) is -1.25. The second-order valence-corrected chi connectivity index (χ2v) is 6.62. The molecule has 0 amide bonds. The Balaban J connectivity index is 2.68. The number of nitrogens with zero attached hydrogens (tertiary/aromatic N) is 2. The minimum atomic E-state index is -3.44. The number of carboxylic acid groups (broad SMARTS) is 1. The van der Waals surface area contributed by atoms with Gasteiger partial charge in [-0.15, -0.1) is 0 Å². The summed E-state index contributed by atoms with van der Waals surface area (Å²) in [6.07, 6.45) is 0.779. The molecule has 0 aliphatic carbocycles. The molecule has 0 aromatic heterocycles. The van der Waals surface area contributed by atoms with E-state index in [-0.39, 0.29) is 19.1 Å². The number of rotatable bonds is 4. The van der Waals surface area contributed by atoms with Crippen molar-refractivity contribution in [3.05, 3.63) is 0 Å². The predicted molar refractivity (Wildman–Crippen MR) is 63.8 cm³/mol. The van der Waals surface area contributed by atoms with Crippen LogP contribution in [0.1, 0.15) is 26.7 Å². The van der Waals surface area contributed by atoms with Crippen molar-refractivity contribution in [2.45, 2.75) is 32.7 Å². The molecule has 1 heterocycles. The summed E-state index contributed by atoms with van der Waals surface area (Å²) in [7, 11) is -1.89. The summed E-state index contributed by atoms with van der Waals surface area (Å²) in [5.41, 5.74) is 0. The summed E-state index contributed by atoms with van der Waals surface area (Å²) in [6.45, 7) is 4.19. The van der Waals surface area contributed by atoms with Gasteiger partial charge in [-0.05, 0) is 26.7 Å². The molecule has 0 saturated carbocycles. The number of aliphatic carboxylic acids is 1. The highest BCUT2D eigenvalue weighted by atomic mass is 32.2. The lowest BCUT2D eigenvalue weighted by atomic mass is 9.99. The maximum Gasteiger partial charge on any atom is 0.306 e. The molecule has 0 aromatic carbocycles. The van der Waals surface area contributed by atoms with Gasteiger partial charge in [0, 0.05) is 26.2 Å². The van der Waals surface area contributed by atoms with E-state index in [9.17, 15) is 13.2 Å². The molecule has 6 nitrogen and oxygen atoms in total. The van der Waals surface area contributed by atoms with Crippen molar-refractivity contribution >= 4 is 16.2 Å². The van der Waals surface area contributed by atoms with E-state index in [1.807, 2.05) is 13.8 Å². The van der Waals surface area contributed by atoms with Crippen molar-refractivity contribution in [2.75, 3.05) is 20.1 Å². The minimum Gasteiger partial charge on any atom is -0.481 e. The number of hydrogen-bond donors (Lipinski definition) is 1. The predicted octanol–water partition coefficient (Wildman–Crippen LogP) is 0.368. The first-order valence-electron chi connectivity index (χ1n) is 5.72. The Morgan fingerprint density at radius 1 is 1.35 bits per heavy atom. The normalized spacial score (nSPS) is 20.1. The second kappa shape index (κ2) is 5.32. The van der Waals surface area contributed by atoms with Gasteiger partial charge in [0.15, 0.2) is 0 Å². The Bertz CT molecular complexity index is 372. The minimum absolute atomic E-state index is 0.0998. The largest absolute Gasteiger partial charge is 0.481 e. The second-order valence-electron chi connectivity index (χ2n) is 4.63. The molecule has 0 aromatic rings. The van der Waals surface area contributed by atoms with Crippen LogP contribution in [0.3, 0.4) is 0 Å². The zero-order valence-electron chi connectivity index (χ0n) is 10.5. The number of piperidine rings is 1. The third-order valence-electron chi connectivity index (χ3n) is 3.22. The van der Waals surface area contributed by atoms with E-state index in [2.05, 4.69) is 0 Å². The first-order valence-corrected chi connectivity index (χ1v) is 7.12. The molecule has 100 valence electrons. The van der Waals surface area contributed by atoms with E-state index < -0.39 is 22.1 Å². The van der Waals surface area contributed by atoms with Gasteiger partial charge in [-0.2, -0.15) is 17.0 Å². The molecule has 7 heteroatoms. The Hall–Kier alpha value is -0.660. The van der Waals surface area contributed by atoms with Gasteiger partial charge in [0.05, 0.1) is 5.92 Å². The van der Waals surface area contributed by atoms with Gasteiger partial charge in [0.1, 0.15) is 0 Å². The van der Waals surface area contributed by atoms with Crippen molar-refractivity contribution in [2.24, 2.45) is 5.92 Å².